The van der Waals surface area contributed by atoms with Crippen molar-refractivity contribution in [3.63, 3.8) is 0 Å². The summed E-state index contributed by atoms with van der Waals surface area (Å²) in [7, 11) is 1.59. The normalized spacial score (nSPS) is 14.6. The molecule has 1 saturated heterocycles. The number of hydrogen-bond acceptors (Lipinski definition) is 3. The summed E-state index contributed by atoms with van der Waals surface area (Å²) >= 11 is 0. The summed E-state index contributed by atoms with van der Waals surface area (Å²) < 4.78 is 5.27. The topological polar surface area (TPSA) is 58.6 Å². The largest absolute Gasteiger partial charge is 0.496 e. The maximum Gasteiger partial charge on any atom is 0.311 e. The van der Waals surface area contributed by atoms with Gasteiger partial charge >= 0.3 is 11.8 Å². The van der Waals surface area contributed by atoms with E-state index < -0.39 is 11.8 Å². The summed E-state index contributed by atoms with van der Waals surface area (Å²) in [5.41, 5.74) is 2.18. The molecule has 142 valence electrons. The van der Waals surface area contributed by atoms with E-state index in [4.69, 9.17) is 4.74 Å². The van der Waals surface area contributed by atoms with Gasteiger partial charge in [-0.1, -0.05) is 48.5 Å². The van der Waals surface area contributed by atoms with Crippen molar-refractivity contribution < 1.29 is 14.3 Å². The molecule has 0 bridgehead atoms. The van der Waals surface area contributed by atoms with Crippen LogP contribution in [-0.2, 0) is 22.6 Å². The van der Waals surface area contributed by atoms with Crippen molar-refractivity contribution in [2.75, 3.05) is 20.2 Å². The maximum atomic E-state index is 12.4. The molecule has 0 aliphatic carbocycles. The zero-order valence-electron chi connectivity index (χ0n) is 15.7. The van der Waals surface area contributed by atoms with Gasteiger partial charge in [0.05, 0.1) is 7.11 Å². The van der Waals surface area contributed by atoms with Crippen molar-refractivity contribution in [1.82, 2.24) is 10.2 Å². The van der Waals surface area contributed by atoms with Gasteiger partial charge in [0.15, 0.2) is 0 Å². The lowest BCUT2D eigenvalue weighted by atomic mass is 9.90. The smallest absolute Gasteiger partial charge is 0.311 e. The van der Waals surface area contributed by atoms with Crippen LogP contribution in [0.3, 0.4) is 0 Å². The molecule has 0 aromatic heterocycles. The molecule has 2 amide bonds. The van der Waals surface area contributed by atoms with E-state index in [0.29, 0.717) is 24.8 Å². The van der Waals surface area contributed by atoms with E-state index in [2.05, 4.69) is 29.6 Å². The minimum absolute atomic E-state index is 0.277. The summed E-state index contributed by atoms with van der Waals surface area (Å²) in [5.74, 6) is 0.269. The van der Waals surface area contributed by atoms with Crippen LogP contribution in [0, 0.1) is 5.92 Å². The summed E-state index contributed by atoms with van der Waals surface area (Å²) in [6.45, 7) is 1.55. The molecule has 0 radical (unpaired) electrons. The Hall–Kier alpha value is -2.82. The first-order valence-electron chi connectivity index (χ1n) is 9.40. The zero-order valence-corrected chi connectivity index (χ0v) is 15.7. The van der Waals surface area contributed by atoms with Crippen LogP contribution >= 0.6 is 0 Å². The van der Waals surface area contributed by atoms with Crippen LogP contribution in [0.25, 0.3) is 0 Å². The van der Waals surface area contributed by atoms with Crippen molar-refractivity contribution in [2.24, 2.45) is 5.92 Å². The molecule has 1 N–H and O–H groups in total. The maximum absolute atomic E-state index is 12.4. The highest BCUT2D eigenvalue weighted by Crippen LogP contribution is 2.22. The second-order valence-corrected chi connectivity index (χ2v) is 6.92. The van der Waals surface area contributed by atoms with Crippen LogP contribution < -0.4 is 10.1 Å². The van der Waals surface area contributed by atoms with Gasteiger partial charge < -0.3 is 15.0 Å². The molecule has 5 nitrogen and oxygen atoms in total. The van der Waals surface area contributed by atoms with E-state index in [9.17, 15) is 9.59 Å². The zero-order chi connectivity index (χ0) is 19.1. The van der Waals surface area contributed by atoms with Gasteiger partial charge in [-0.3, -0.25) is 9.59 Å². The molecule has 1 aliphatic heterocycles. The summed E-state index contributed by atoms with van der Waals surface area (Å²) in [6.07, 6.45) is 2.89. The Balaban J connectivity index is 1.46. The number of ether oxygens (including phenoxy) is 1. The molecule has 1 aliphatic rings. The minimum Gasteiger partial charge on any atom is -0.496 e. The number of carbonyl (C=O) groups is 2. The third-order valence-corrected chi connectivity index (χ3v) is 5.10. The number of hydrogen-bond donors (Lipinski definition) is 1. The number of piperidine rings is 1. The van der Waals surface area contributed by atoms with Crippen LogP contribution in [0.5, 0.6) is 5.75 Å². The van der Waals surface area contributed by atoms with Gasteiger partial charge in [-0.2, -0.15) is 0 Å². The van der Waals surface area contributed by atoms with E-state index in [1.54, 1.807) is 12.0 Å². The quantitative estimate of drug-likeness (QED) is 0.828. The molecule has 5 heteroatoms. The van der Waals surface area contributed by atoms with Gasteiger partial charge in [-0.05, 0) is 36.8 Å². The van der Waals surface area contributed by atoms with Crippen molar-refractivity contribution in [2.45, 2.75) is 25.8 Å². The molecule has 0 spiro atoms. The van der Waals surface area contributed by atoms with Gasteiger partial charge in [0.1, 0.15) is 5.75 Å². The first kappa shape index (κ1) is 19.0. The van der Waals surface area contributed by atoms with Crippen molar-refractivity contribution in [3.8, 4) is 5.75 Å². The molecule has 2 aromatic rings. The summed E-state index contributed by atoms with van der Waals surface area (Å²) in [6, 6.07) is 17.9. The Labute approximate surface area is 160 Å². The molecule has 3 rings (SSSR count). The number of carbonyl (C=O) groups excluding carboxylic acids is 2. The van der Waals surface area contributed by atoms with Gasteiger partial charge in [0, 0.05) is 25.2 Å². The third-order valence-electron chi connectivity index (χ3n) is 5.10. The Kier molecular flexibility index (Phi) is 6.47. The van der Waals surface area contributed by atoms with Crippen molar-refractivity contribution in [1.29, 1.82) is 0 Å². The van der Waals surface area contributed by atoms with Crippen LogP contribution in [0.1, 0.15) is 24.0 Å². The fourth-order valence-corrected chi connectivity index (χ4v) is 3.53. The highest BCUT2D eigenvalue weighted by Gasteiger charge is 2.27. The van der Waals surface area contributed by atoms with E-state index in [1.165, 1.54) is 5.56 Å². The third kappa shape index (κ3) is 5.09. The average molecular weight is 366 g/mol. The average Bonchev–Trinajstić information content (AvgIpc) is 2.73. The van der Waals surface area contributed by atoms with E-state index >= 15 is 0 Å². The standard InChI is InChI=1S/C22H26N2O3/c1-27-20-10-6-5-9-19(20)16-23-21(25)22(26)24-13-11-18(12-14-24)15-17-7-3-2-4-8-17/h2-10,18H,11-16H2,1H3,(H,23,25). The van der Waals surface area contributed by atoms with Crippen LogP contribution in [0.4, 0.5) is 0 Å². The number of rotatable bonds is 5. The number of amides is 2. The van der Waals surface area contributed by atoms with Gasteiger partial charge in [-0.25, -0.2) is 0 Å². The SMILES string of the molecule is COc1ccccc1CNC(=O)C(=O)N1CCC(Cc2ccccc2)CC1. The van der Waals surface area contributed by atoms with Gasteiger partial charge in [-0.15, -0.1) is 0 Å². The molecular weight excluding hydrogens is 340 g/mol. The van der Waals surface area contributed by atoms with Gasteiger partial charge in [0.2, 0.25) is 0 Å². The Morgan fingerprint density at radius 3 is 2.41 bits per heavy atom. The Morgan fingerprint density at radius 2 is 1.70 bits per heavy atom. The predicted molar refractivity (Wildman–Crippen MR) is 104 cm³/mol. The number of nitrogens with zero attached hydrogens (tertiary/aromatic N) is 1. The molecule has 1 heterocycles. The molecule has 27 heavy (non-hydrogen) atoms. The molecular formula is C22H26N2O3. The van der Waals surface area contributed by atoms with Crippen LogP contribution in [0.2, 0.25) is 0 Å². The molecule has 0 saturated carbocycles. The second-order valence-electron chi connectivity index (χ2n) is 6.92. The highest BCUT2D eigenvalue weighted by molar-refractivity contribution is 6.34. The molecule has 2 aromatic carbocycles. The first-order chi connectivity index (χ1) is 13.2. The Bertz CT molecular complexity index is 768. The number of para-hydroxylation sites is 1. The number of benzene rings is 2. The first-order valence-corrected chi connectivity index (χ1v) is 9.40. The Morgan fingerprint density at radius 1 is 1.04 bits per heavy atom. The van der Waals surface area contributed by atoms with E-state index in [-0.39, 0.29) is 6.54 Å². The number of nitrogens with one attached hydrogen (secondary N) is 1. The molecule has 0 unspecified atom stereocenters. The summed E-state index contributed by atoms with van der Waals surface area (Å²) in [5, 5.41) is 2.71. The summed E-state index contributed by atoms with van der Waals surface area (Å²) in [4.78, 5) is 26.3. The molecule has 0 atom stereocenters. The number of likely N-dealkylation sites (tertiary alicyclic amines) is 1. The van der Waals surface area contributed by atoms with Crippen molar-refractivity contribution in [3.05, 3.63) is 65.7 Å². The second kappa shape index (κ2) is 9.21. The van der Waals surface area contributed by atoms with Crippen LogP contribution in [0.15, 0.2) is 54.6 Å². The minimum atomic E-state index is -0.553. The predicted octanol–water partition coefficient (Wildman–Crippen LogP) is 2.79. The number of methoxy groups -OCH3 is 1. The monoisotopic (exact) mass is 366 g/mol. The lowest BCUT2D eigenvalue weighted by molar-refractivity contribution is -0.146. The van der Waals surface area contributed by atoms with Crippen molar-refractivity contribution >= 4 is 11.8 Å². The van der Waals surface area contributed by atoms with E-state index in [0.717, 1.165) is 24.8 Å². The molecule has 1 fully saturated rings. The fourth-order valence-electron chi connectivity index (χ4n) is 3.53. The van der Waals surface area contributed by atoms with E-state index in [1.807, 2.05) is 30.3 Å². The lowest BCUT2D eigenvalue weighted by Gasteiger charge is -2.31. The fraction of sp³-hybridized carbons (Fsp3) is 0.364. The highest BCUT2D eigenvalue weighted by atomic mass is 16.5. The lowest BCUT2D eigenvalue weighted by Crippen LogP contribution is -2.46. The van der Waals surface area contributed by atoms with Crippen LogP contribution in [-0.4, -0.2) is 36.9 Å². The van der Waals surface area contributed by atoms with Gasteiger partial charge in [0.25, 0.3) is 0 Å².